The number of carbonyl (C=O) groups is 7. The molecule has 0 aromatic heterocycles. The Balaban J connectivity index is 0.000000118. The Labute approximate surface area is 824 Å². The van der Waals surface area contributed by atoms with E-state index in [0.29, 0.717) is 96.7 Å². The Morgan fingerprint density at radius 3 is 0.886 bits per heavy atom. The SMILES string of the molecule is Cc1ccc2c(c1)C(=O)/C(=C/c1ccc(Br)cc1)O2.Cc1ccc2c(c1)O/C(=C\c1ccc(Br)cc1)C2=O.O=C1/C(=C/c2ccc(Br)cc2)Oc2c1ccc(O)c2O.O=C1/C(=C/c2ccc(Br)cc2)Oc2cc(O)ccc21.O=C1/C(=C/c2ccc(Br)cc2)Oc2ccc(Br)cc21.O=C1/C(=C/c2ccc(Br)cc2)Oc2ccccc21.O=C1/C(=C/c2cccc(Br)c2)Oc2ccccc21. The average Bonchev–Trinajstić information content (AvgIpc) is 1.63. The Morgan fingerprint density at radius 1 is 0.212 bits per heavy atom. The van der Waals surface area contributed by atoms with Crippen LogP contribution in [0.15, 0.2) is 379 Å². The van der Waals surface area contributed by atoms with Crippen molar-refractivity contribution in [1.29, 1.82) is 0 Å². The fourth-order valence-corrected chi connectivity index (χ4v) is 15.8. The molecule has 17 nitrogen and oxygen atoms in total. The predicted octanol–water partition coefficient (Wildman–Crippen LogP) is 29.0. The number of hydrogen-bond donors (Lipinski definition) is 3. The molecule has 25 heteroatoms. The average molecular weight is 2260 g/mol. The van der Waals surface area contributed by atoms with Gasteiger partial charge in [-0.15, -0.1) is 0 Å². The number of hydrogen-bond acceptors (Lipinski definition) is 17. The largest absolute Gasteiger partial charge is 0.508 e. The third-order valence-electron chi connectivity index (χ3n) is 20.0. The maximum atomic E-state index is 12.2. The number of aromatic hydroxyl groups is 3. The van der Waals surface area contributed by atoms with E-state index in [1.165, 1.54) is 24.3 Å². The molecule has 0 amide bonds. The number of ether oxygens (including phenoxy) is 7. The summed E-state index contributed by atoms with van der Waals surface area (Å²) in [6.45, 7) is 3.94. The highest BCUT2D eigenvalue weighted by Crippen LogP contribution is 2.45. The van der Waals surface area contributed by atoms with Crippen molar-refractivity contribution in [3.8, 4) is 57.5 Å². The van der Waals surface area contributed by atoms with Crippen LogP contribution in [-0.4, -0.2) is 55.8 Å². The molecule has 0 unspecified atom stereocenters. The van der Waals surface area contributed by atoms with Gasteiger partial charge in [-0.1, -0.05) is 254 Å². The monoisotopic (exact) mass is 2250 g/mol. The molecule has 0 saturated heterocycles. The number of para-hydroxylation sites is 2. The third-order valence-corrected chi connectivity index (χ3v) is 24.2. The quantitative estimate of drug-likeness (QED) is 0.0991. The summed E-state index contributed by atoms with van der Waals surface area (Å²) in [6, 6.07) is 91.9. The Bertz CT molecular complexity index is 6830. The summed E-state index contributed by atoms with van der Waals surface area (Å²) in [5.74, 6) is 4.31. The Kier molecular flexibility index (Phi) is 30.0. The van der Waals surface area contributed by atoms with Crippen molar-refractivity contribution < 1.29 is 82.0 Å². The van der Waals surface area contributed by atoms with E-state index in [1.54, 1.807) is 85.0 Å². The lowest BCUT2D eigenvalue weighted by Gasteiger charge is -2.02. The van der Waals surface area contributed by atoms with Crippen LogP contribution in [-0.2, 0) is 0 Å². The van der Waals surface area contributed by atoms with E-state index in [-0.39, 0.29) is 74.8 Å². The Hall–Kier alpha value is -13.2. The summed E-state index contributed by atoms with van der Waals surface area (Å²) >= 11 is 27.0. The van der Waals surface area contributed by atoms with Gasteiger partial charge in [-0.05, 0) is 277 Å². The van der Waals surface area contributed by atoms with Gasteiger partial charge < -0.3 is 48.5 Å². The van der Waals surface area contributed by atoms with Gasteiger partial charge in [0.05, 0.1) is 38.9 Å². The van der Waals surface area contributed by atoms with Crippen LogP contribution in [0.4, 0.5) is 0 Å². The molecule has 3 N–H and O–H groups in total. The van der Waals surface area contributed by atoms with Gasteiger partial charge in [-0.3, -0.25) is 33.6 Å². The second-order valence-electron chi connectivity index (χ2n) is 29.6. The predicted molar refractivity (Wildman–Crippen MR) is 537 cm³/mol. The highest BCUT2D eigenvalue weighted by atomic mass is 79.9. The minimum atomic E-state index is -0.421. The van der Waals surface area contributed by atoms with Crippen LogP contribution in [0, 0.1) is 13.8 Å². The zero-order valence-corrected chi connectivity index (χ0v) is 81.7. The van der Waals surface area contributed by atoms with Crippen molar-refractivity contribution in [3.05, 3.63) is 468 Å². The number of benzene rings is 14. The molecule has 14 aromatic carbocycles. The van der Waals surface area contributed by atoms with E-state index in [2.05, 4.69) is 127 Å². The number of aryl methyl sites for hydroxylation is 2. The summed E-state index contributed by atoms with van der Waals surface area (Å²) in [5, 5.41) is 28.5. The third kappa shape index (κ3) is 23.2. The molecule has 21 rings (SSSR count). The highest BCUT2D eigenvalue weighted by Gasteiger charge is 2.35. The van der Waals surface area contributed by atoms with Gasteiger partial charge >= 0.3 is 0 Å². The maximum absolute atomic E-state index is 12.2. The van der Waals surface area contributed by atoms with Crippen molar-refractivity contribution >= 4 is 210 Å². The van der Waals surface area contributed by atoms with Gasteiger partial charge in [-0.2, -0.15) is 0 Å². The topological polar surface area (TPSA) is 245 Å². The van der Waals surface area contributed by atoms with E-state index >= 15 is 0 Å². The first-order valence-electron chi connectivity index (χ1n) is 40.0. The van der Waals surface area contributed by atoms with Crippen molar-refractivity contribution in [2.24, 2.45) is 0 Å². The second kappa shape index (κ2) is 42.3. The molecule has 7 aliphatic heterocycles. The van der Waals surface area contributed by atoms with Gasteiger partial charge in [-0.25, -0.2) is 0 Å². The number of phenolic OH excluding ortho intramolecular Hbond substituents is 3. The summed E-state index contributed by atoms with van der Waals surface area (Å²) in [7, 11) is 0. The minimum Gasteiger partial charge on any atom is -0.508 e. The molecule has 7 heterocycles. The van der Waals surface area contributed by atoms with Crippen LogP contribution < -0.4 is 33.2 Å². The van der Waals surface area contributed by atoms with Gasteiger partial charge in [0.15, 0.2) is 51.8 Å². The zero-order valence-electron chi connectivity index (χ0n) is 69.0. The number of allylic oxidation sites excluding steroid dienone is 7. The summed E-state index contributed by atoms with van der Waals surface area (Å²) < 4.78 is 46.5. The number of ketones is 7. The molecule has 652 valence electrons. The molecular weight excluding hydrogens is 2200 g/mol. The molecule has 0 fully saturated rings. The molecule has 0 saturated carbocycles. The lowest BCUT2D eigenvalue weighted by molar-refractivity contribution is 0.101. The highest BCUT2D eigenvalue weighted by molar-refractivity contribution is 9.11. The van der Waals surface area contributed by atoms with Crippen LogP contribution in [0.1, 0.15) is 123 Å². The van der Waals surface area contributed by atoms with E-state index in [1.807, 2.05) is 250 Å². The molecule has 14 aromatic rings. The van der Waals surface area contributed by atoms with E-state index in [4.69, 9.17) is 33.2 Å². The lowest BCUT2D eigenvalue weighted by Crippen LogP contribution is -1.98. The molecular formula is C107H66Br8O17. The van der Waals surface area contributed by atoms with Crippen LogP contribution in [0.5, 0.6) is 57.5 Å². The Morgan fingerprint density at radius 2 is 0.492 bits per heavy atom. The normalized spacial score (nSPS) is 15.5. The van der Waals surface area contributed by atoms with Gasteiger partial charge in [0, 0.05) is 41.8 Å². The molecule has 0 aliphatic carbocycles. The van der Waals surface area contributed by atoms with Crippen LogP contribution >= 0.6 is 127 Å². The zero-order chi connectivity index (χ0) is 93.0. The first-order chi connectivity index (χ1) is 63.6. The molecule has 0 spiro atoms. The van der Waals surface area contributed by atoms with E-state index < -0.39 is 5.75 Å². The van der Waals surface area contributed by atoms with Crippen LogP contribution in [0.3, 0.4) is 0 Å². The second-order valence-corrected chi connectivity index (χ2v) is 36.9. The van der Waals surface area contributed by atoms with Gasteiger partial charge in [0.1, 0.15) is 40.2 Å². The number of carbonyl (C=O) groups excluding carboxylic acids is 7. The standard InChI is InChI=1S/2C16H11BrO2.C15H8Br2O2.C15H9BrO4.C15H9BrO3.2C15H9BrO2/c1-10-2-7-14-13(8-10)16(18)15(19-14)9-11-3-5-12(17)6-4-11;1-10-2-7-13-14(8-10)19-15(16(13)18)9-11-3-5-12(17)6-4-11;16-10-3-1-9(2-4-10)7-14-15(18)12-8-11(17)5-6-13(12)19-14;16-9-3-1-8(2-4-9)7-12-13(18)10-5-6-11(17)14(19)15(10)20-12;16-10-3-1-9(2-4-10)7-14-15(18)12-6-5-11(17)8-13(12)19-14;16-11-5-3-4-10(8-11)9-14-15(17)12-6-1-2-7-13(12)18-14;16-11-7-5-10(6-8-11)9-14-15(17)12-3-1-2-4-13(12)18-14/h2*2-9H,1H3;1-8H;1-7,17,19H;1-8,17H;2*1-9H/b2*15-9-;14-7-;12-7-;14-7-;2*14-9-. The van der Waals surface area contributed by atoms with Crippen molar-refractivity contribution in [3.63, 3.8) is 0 Å². The van der Waals surface area contributed by atoms with E-state index in [9.17, 15) is 48.9 Å². The molecule has 7 aliphatic rings. The van der Waals surface area contributed by atoms with Crippen molar-refractivity contribution in [1.82, 2.24) is 0 Å². The molecule has 0 bridgehead atoms. The number of fused-ring (bicyclic) bond motifs is 7. The summed E-state index contributed by atoms with van der Waals surface area (Å²) in [4.78, 5) is 85.0. The summed E-state index contributed by atoms with van der Waals surface area (Å²) in [5.41, 5.74) is 12.3. The van der Waals surface area contributed by atoms with Crippen molar-refractivity contribution in [2.45, 2.75) is 13.8 Å². The minimum absolute atomic E-state index is 0.00152. The van der Waals surface area contributed by atoms with Gasteiger partial charge in [0.2, 0.25) is 46.2 Å². The lowest BCUT2D eigenvalue weighted by atomic mass is 10.1. The van der Waals surface area contributed by atoms with Crippen LogP contribution in [0.25, 0.3) is 42.5 Å². The maximum Gasteiger partial charge on any atom is 0.232 e. The van der Waals surface area contributed by atoms with E-state index in [0.717, 1.165) is 85.9 Å². The molecule has 132 heavy (non-hydrogen) atoms. The number of phenols is 3. The summed E-state index contributed by atoms with van der Waals surface area (Å²) in [6.07, 6.45) is 12.1. The molecule has 0 radical (unpaired) electrons. The number of halogens is 8. The fourth-order valence-electron chi connectivity index (χ4n) is 13.4. The number of rotatable bonds is 7. The van der Waals surface area contributed by atoms with Crippen molar-refractivity contribution in [2.75, 3.05) is 0 Å². The first-order valence-corrected chi connectivity index (χ1v) is 46.4. The first kappa shape index (κ1) is 93.5. The number of Topliss-reactive ketones (excluding diaryl/α,β-unsaturated/α-hetero) is 7. The van der Waals surface area contributed by atoms with Crippen LogP contribution in [0.2, 0.25) is 0 Å². The van der Waals surface area contributed by atoms with Gasteiger partial charge in [0.25, 0.3) is 0 Å². The smallest absolute Gasteiger partial charge is 0.232 e. The molecule has 0 atom stereocenters. The fraction of sp³-hybridized carbons (Fsp3) is 0.0187.